The zero-order valence-electron chi connectivity index (χ0n) is 14.8. The number of carbonyl (C=O) groups is 2. The Kier molecular flexibility index (Phi) is 8.55. The van der Waals surface area contributed by atoms with Crippen LogP contribution in [0.3, 0.4) is 0 Å². The number of hydrogen-bond donors (Lipinski definition) is 0. The molecular weight excluding hydrogens is 304 g/mol. The van der Waals surface area contributed by atoms with Crippen molar-refractivity contribution in [3.05, 3.63) is 59.7 Å². The SMILES string of the molecule is CC(C)/C=C/COC(=O)c1ccccc1C(=O)OC/C=C/C(C)C. The highest BCUT2D eigenvalue weighted by Crippen LogP contribution is 2.12. The van der Waals surface area contributed by atoms with Gasteiger partial charge in [-0.15, -0.1) is 0 Å². The largest absolute Gasteiger partial charge is 0.458 e. The Bertz CT molecular complexity index is 544. The molecular formula is C20H26O4. The topological polar surface area (TPSA) is 52.6 Å². The molecule has 0 bridgehead atoms. The fourth-order valence-electron chi connectivity index (χ4n) is 1.90. The first-order valence-corrected chi connectivity index (χ1v) is 8.18. The molecule has 0 amide bonds. The first-order chi connectivity index (χ1) is 11.4. The van der Waals surface area contributed by atoms with Crippen molar-refractivity contribution in [2.75, 3.05) is 13.2 Å². The summed E-state index contributed by atoms with van der Waals surface area (Å²) < 4.78 is 10.4. The smallest absolute Gasteiger partial charge is 0.339 e. The standard InChI is InChI=1S/C20H26O4/c1-15(2)9-7-13-23-19(21)17-11-5-6-12-18(17)20(22)24-14-8-10-16(3)4/h5-12,15-16H,13-14H2,1-4H3/b9-7+,10-8+. The van der Waals surface area contributed by atoms with Crippen LogP contribution < -0.4 is 0 Å². The highest BCUT2D eigenvalue weighted by molar-refractivity contribution is 6.03. The van der Waals surface area contributed by atoms with Crippen molar-refractivity contribution in [1.29, 1.82) is 0 Å². The highest BCUT2D eigenvalue weighted by atomic mass is 16.5. The molecule has 1 rings (SSSR count). The Morgan fingerprint density at radius 2 is 1.21 bits per heavy atom. The zero-order chi connectivity index (χ0) is 17.9. The van der Waals surface area contributed by atoms with Crippen LogP contribution in [0.4, 0.5) is 0 Å². The van der Waals surface area contributed by atoms with Gasteiger partial charge in [-0.3, -0.25) is 0 Å². The van der Waals surface area contributed by atoms with Crippen molar-refractivity contribution in [2.45, 2.75) is 27.7 Å². The highest BCUT2D eigenvalue weighted by Gasteiger charge is 2.18. The van der Waals surface area contributed by atoms with E-state index in [0.717, 1.165) is 0 Å². The van der Waals surface area contributed by atoms with E-state index in [1.54, 1.807) is 36.4 Å². The molecule has 0 aliphatic carbocycles. The number of allylic oxidation sites excluding steroid dienone is 2. The fourth-order valence-corrected chi connectivity index (χ4v) is 1.90. The Morgan fingerprint density at radius 1 is 0.833 bits per heavy atom. The molecule has 0 N–H and O–H groups in total. The van der Waals surface area contributed by atoms with Crippen LogP contribution >= 0.6 is 0 Å². The molecule has 0 radical (unpaired) electrons. The van der Waals surface area contributed by atoms with Crippen LogP contribution in [0.5, 0.6) is 0 Å². The second kappa shape index (κ2) is 10.4. The summed E-state index contributed by atoms with van der Waals surface area (Å²) in [5.74, 6) is -0.280. The van der Waals surface area contributed by atoms with Crippen LogP contribution in [0, 0.1) is 11.8 Å². The molecule has 0 saturated carbocycles. The van der Waals surface area contributed by atoms with Crippen LogP contribution in [0.2, 0.25) is 0 Å². The van der Waals surface area contributed by atoms with Gasteiger partial charge in [-0.25, -0.2) is 9.59 Å². The lowest BCUT2D eigenvalue weighted by atomic mass is 10.1. The van der Waals surface area contributed by atoms with Crippen molar-refractivity contribution >= 4 is 11.9 Å². The Labute approximate surface area is 144 Å². The van der Waals surface area contributed by atoms with Crippen molar-refractivity contribution in [3.8, 4) is 0 Å². The summed E-state index contributed by atoms with van der Waals surface area (Å²) in [6.45, 7) is 8.51. The average molecular weight is 330 g/mol. The molecule has 4 heteroatoms. The van der Waals surface area contributed by atoms with Crippen molar-refractivity contribution in [1.82, 2.24) is 0 Å². The van der Waals surface area contributed by atoms with Gasteiger partial charge in [-0.05, 0) is 24.0 Å². The van der Waals surface area contributed by atoms with Gasteiger partial charge in [0.15, 0.2) is 0 Å². The lowest BCUT2D eigenvalue weighted by Crippen LogP contribution is -2.14. The maximum Gasteiger partial charge on any atom is 0.339 e. The number of benzene rings is 1. The summed E-state index contributed by atoms with van der Waals surface area (Å²) >= 11 is 0. The minimum Gasteiger partial charge on any atom is -0.458 e. The zero-order valence-corrected chi connectivity index (χ0v) is 14.8. The third kappa shape index (κ3) is 7.27. The van der Waals surface area contributed by atoms with E-state index in [1.807, 2.05) is 39.8 Å². The summed E-state index contributed by atoms with van der Waals surface area (Å²) in [4.78, 5) is 24.3. The van der Waals surface area contributed by atoms with Gasteiger partial charge in [0, 0.05) is 0 Å². The Hall–Kier alpha value is -2.36. The Morgan fingerprint density at radius 3 is 1.54 bits per heavy atom. The molecule has 1 aromatic carbocycles. The monoisotopic (exact) mass is 330 g/mol. The van der Waals surface area contributed by atoms with Crippen molar-refractivity contribution < 1.29 is 19.1 Å². The van der Waals surface area contributed by atoms with E-state index in [0.29, 0.717) is 11.8 Å². The minimum absolute atomic E-state index is 0.178. The maximum atomic E-state index is 12.2. The molecule has 0 aliphatic heterocycles. The maximum absolute atomic E-state index is 12.2. The van der Waals surface area contributed by atoms with Gasteiger partial charge in [0.25, 0.3) is 0 Å². The molecule has 0 aliphatic rings. The van der Waals surface area contributed by atoms with E-state index in [2.05, 4.69) is 0 Å². The predicted molar refractivity (Wildman–Crippen MR) is 95.0 cm³/mol. The molecule has 24 heavy (non-hydrogen) atoms. The molecule has 0 heterocycles. The lowest BCUT2D eigenvalue weighted by molar-refractivity contribution is 0.0502. The molecule has 0 atom stereocenters. The van der Waals surface area contributed by atoms with Crippen molar-refractivity contribution in [2.24, 2.45) is 11.8 Å². The van der Waals surface area contributed by atoms with Gasteiger partial charge in [-0.2, -0.15) is 0 Å². The van der Waals surface area contributed by atoms with Gasteiger partial charge < -0.3 is 9.47 Å². The summed E-state index contributed by atoms with van der Waals surface area (Å²) in [6.07, 6.45) is 7.49. The fraction of sp³-hybridized carbons (Fsp3) is 0.400. The first kappa shape index (κ1) is 19.7. The van der Waals surface area contributed by atoms with Crippen LogP contribution in [0.25, 0.3) is 0 Å². The molecule has 130 valence electrons. The van der Waals surface area contributed by atoms with Crippen LogP contribution in [0.15, 0.2) is 48.6 Å². The molecule has 4 nitrogen and oxygen atoms in total. The van der Waals surface area contributed by atoms with E-state index >= 15 is 0 Å². The van der Waals surface area contributed by atoms with Gasteiger partial charge in [0.2, 0.25) is 0 Å². The van der Waals surface area contributed by atoms with E-state index in [-0.39, 0.29) is 24.3 Å². The number of ether oxygens (including phenoxy) is 2. The van der Waals surface area contributed by atoms with Gasteiger partial charge in [-0.1, -0.05) is 64.1 Å². The van der Waals surface area contributed by atoms with Gasteiger partial charge >= 0.3 is 11.9 Å². The summed E-state index contributed by atoms with van der Waals surface area (Å²) in [6, 6.07) is 6.51. The normalized spacial score (nSPS) is 11.6. The average Bonchev–Trinajstić information content (AvgIpc) is 2.54. The molecule has 0 aromatic heterocycles. The van der Waals surface area contributed by atoms with Gasteiger partial charge in [0.1, 0.15) is 13.2 Å². The molecule has 0 spiro atoms. The molecule has 0 unspecified atom stereocenters. The van der Waals surface area contributed by atoms with E-state index in [1.165, 1.54) is 0 Å². The quantitative estimate of drug-likeness (QED) is 0.523. The van der Waals surface area contributed by atoms with Crippen LogP contribution in [-0.2, 0) is 9.47 Å². The number of carbonyl (C=O) groups excluding carboxylic acids is 2. The van der Waals surface area contributed by atoms with Crippen LogP contribution in [-0.4, -0.2) is 25.2 Å². The molecule has 1 aromatic rings. The lowest BCUT2D eigenvalue weighted by Gasteiger charge is -2.08. The second-order valence-corrected chi connectivity index (χ2v) is 6.09. The Balaban J connectivity index is 2.69. The van der Waals surface area contributed by atoms with Crippen LogP contribution in [0.1, 0.15) is 48.4 Å². The number of hydrogen-bond acceptors (Lipinski definition) is 4. The number of rotatable bonds is 8. The molecule has 0 saturated heterocycles. The minimum atomic E-state index is -0.534. The summed E-state index contributed by atoms with van der Waals surface area (Å²) in [5, 5.41) is 0. The number of esters is 2. The third-order valence-electron chi connectivity index (χ3n) is 3.03. The van der Waals surface area contributed by atoms with E-state index in [4.69, 9.17) is 9.47 Å². The van der Waals surface area contributed by atoms with E-state index < -0.39 is 11.9 Å². The summed E-state index contributed by atoms with van der Waals surface area (Å²) in [5.41, 5.74) is 0.432. The predicted octanol–water partition coefficient (Wildman–Crippen LogP) is 4.42. The van der Waals surface area contributed by atoms with Crippen molar-refractivity contribution in [3.63, 3.8) is 0 Å². The first-order valence-electron chi connectivity index (χ1n) is 8.18. The van der Waals surface area contributed by atoms with Gasteiger partial charge in [0.05, 0.1) is 11.1 Å². The second-order valence-electron chi connectivity index (χ2n) is 6.09. The van der Waals surface area contributed by atoms with E-state index in [9.17, 15) is 9.59 Å². The molecule has 0 fully saturated rings. The third-order valence-corrected chi connectivity index (χ3v) is 3.03. The summed E-state index contributed by atoms with van der Waals surface area (Å²) in [7, 11) is 0.